The Morgan fingerprint density at radius 3 is 2.59 bits per heavy atom. The SMILES string of the molecule is CC(C)(C)C(CCO)NCc1cccc(F)c1. The maximum atomic E-state index is 13.0. The molecule has 96 valence electrons. The van der Waals surface area contributed by atoms with Crippen LogP contribution in [0.25, 0.3) is 0 Å². The average Bonchev–Trinajstić information content (AvgIpc) is 2.22. The zero-order valence-electron chi connectivity index (χ0n) is 10.8. The summed E-state index contributed by atoms with van der Waals surface area (Å²) in [6.45, 7) is 7.18. The molecule has 0 saturated heterocycles. The molecule has 0 amide bonds. The zero-order valence-corrected chi connectivity index (χ0v) is 10.8. The molecule has 0 aliphatic carbocycles. The molecule has 1 aromatic rings. The van der Waals surface area contributed by atoms with Crippen LogP contribution in [0, 0.1) is 11.2 Å². The van der Waals surface area contributed by atoms with E-state index in [0.29, 0.717) is 13.0 Å². The average molecular weight is 239 g/mol. The van der Waals surface area contributed by atoms with Gasteiger partial charge in [-0.1, -0.05) is 32.9 Å². The molecule has 0 saturated carbocycles. The van der Waals surface area contributed by atoms with Gasteiger partial charge in [0.2, 0.25) is 0 Å². The standard InChI is InChI=1S/C14H22FNO/c1-14(2,3)13(7-8-17)16-10-11-5-4-6-12(15)9-11/h4-6,9,13,16-17H,7-8,10H2,1-3H3. The topological polar surface area (TPSA) is 32.3 Å². The Kier molecular flexibility index (Phi) is 5.09. The number of nitrogens with one attached hydrogen (secondary N) is 1. The maximum Gasteiger partial charge on any atom is 0.123 e. The van der Waals surface area contributed by atoms with Gasteiger partial charge in [0.25, 0.3) is 0 Å². The molecule has 2 N–H and O–H groups in total. The number of aliphatic hydroxyl groups excluding tert-OH is 1. The van der Waals surface area contributed by atoms with E-state index in [1.165, 1.54) is 12.1 Å². The van der Waals surface area contributed by atoms with Gasteiger partial charge in [-0.25, -0.2) is 4.39 Å². The van der Waals surface area contributed by atoms with Crippen LogP contribution in [0.15, 0.2) is 24.3 Å². The molecule has 1 aromatic carbocycles. The summed E-state index contributed by atoms with van der Waals surface area (Å²) in [7, 11) is 0. The Bertz CT molecular complexity index is 346. The first-order valence-corrected chi connectivity index (χ1v) is 6.02. The first-order chi connectivity index (χ1) is 7.93. The quantitative estimate of drug-likeness (QED) is 0.828. The number of hydrogen-bond donors (Lipinski definition) is 2. The van der Waals surface area contributed by atoms with Crippen LogP contribution in [0.1, 0.15) is 32.8 Å². The van der Waals surface area contributed by atoms with Gasteiger partial charge in [-0.05, 0) is 29.5 Å². The van der Waals surface area contributed by atoms with Crippen molar-refractivity contribution < 1.29 is 9.50 Å². The molecule has 17 heavy (non-hydrogen) atoms. The second kappa shape index (κ2) is 6.12. The highest BCUT2D eigenvalue weighted by Crippen LogP contribution is 2.22. The Morgan fingerprint density at radius 1 is 1.35 bits per heavy atom. The van der Waals surface area contributed by atoms with Crippen LogP contribution in [0.5, 0.6) is 0 Å². The van der Waals surface area contributed by atoms with Gasteiger partial charge >= 0.3 is 0 Å². The zero-order chi connectivity index (χ0) is 12.9. The summed E-state index contributed by atoms with van der Waals surface area (Å²) in [6.07, 6.45) is 0.707. The van der Waals surface area contributed by atoms with E-state index in [-0.39, 0.29) is 23.9 Å². The van der Waals surface area contributed by atoms with Crippen LogP contribution < -0.4 is 5.32 Å². The van der Waals surface area contributed by atoms with Crippen molar-refractivity contribution in [1.82, 2.24) is 5.32 Å². The normalized spacial score (nSPS) is 13.7. The molecule has 1 atom stereocenters. The molecule has 0 aromatic heterocycles. The van der Waals surface area contributed by atoms with Crippen molar-refractivity contribution in [3.63, 3.8) is 0 Å². The van der Waals surface area contributed by atoms with E-state index in [2.05, 4.69) is 26.1 Å². The monoisotopic (exact) mass is 239 g/mol. The van der Waals surface area contributed by atoms with Gasteiger partial charge in [0.15, 0.2) is 0 Å². The summed E-state index contributed by atoms with van der Waals surface area (Å²) in [6, 6.07) is 6.80. The van der Waals surface area contributed by atoms with E-state index < -0.39 is 0 Å². The third kappa shape index (κ3) is 4.84. The lowest BCUT2D eigenvalue weighted by Crippen LogP contribution is -2.40. The molecule has 0 fully saturated rings. The number of halogens is 1. The minimum Gasteiger partial charge on any atom is -0.396 e. The van der Waals surface area contributed by atoms with E-state index in [1.54, 1.807) is 6.07 Å². The lowest BCUT2D eigenvalue weighted by molar-refractivity contribution is 0.196. The Hall–Kier alpha value is -0.930. The molecule has 1 unspecified atom stereocenters. The second-order valence-corrected chi connectivity index (χ2v) is 5.44. The van der Waals surface area contributed by atoms with Gasteiger partial charge in [0, 0.05) is 19.2 Å². The highest BCUT2D eigenvalue weighted by molar-refractivity contribution is 5.16. The van der Waals surface area contributed by atoms with Gasteiger partial charge in [-0.2, -0.15) is 0 Å². The van der Waals surface area contributed by atoms with Gasteiger partial charge in [-0.15, -0.1) is 0 Å². The van der Waals surface area contributed by atoms with E-state index in [0.717, 1.165) is 5.56 Å². The minimum absolute atomic E-state index is 0.0794. The van der Waals surface area contributed by atoms with Crippen LogP contribution in [0.3, 0.4) is 0 Å². The summed E-state index contributed by atoms with van der Waals surface area (Å²) < 4.78 is 13.0. The fraction of sp³-hybridized carbons (Fsp3) is 0.571. The highest BCUT2D eigenvalue weighted by atomic mass is 19.1. The largest absolute Gasteiger partial charge is 0.396 e. The van der Waals surface area contributed by atoms with Crippen LogP contribution in [-0.2, 0) is 6.54 Å². The Balaban J connectivity index is 2.58. The van der Waals surface area contributed by atoms with Crippen LogP contribution >= 0.6 is 0 Å². The molecule has 0 heterocycles. The van der Waals surface area contributed by atoms with Crippen molar-refractivity contribution in [3.05, 3.63) is 35.6 Å². The van der Waals surface area contributed by atoms with Crippen LogP contribution in [-0.4, -0.2) is 17.8 Å². The molecule has 0 aliphatic rings. The van der Waals surface area contributed by atoms with Crippen molar-refractivity contribution in [2.24, 2.45) is 5.41 Å². The third-order valence-corrected chi connectivity index (χ3v) is 2.90. The van der Waals surface area contributed by atoms with Crippen LogP contribution in [0.2, 0.25) is 0 Å². The van der Waals surface area contributed by atoms with Crippen molar-refractivity contribution in [2.75, 3.05) is 6.61 Å². The molecule has 3 heteroatoms. The van der Waals surface area contributed by atoms with Gasteiger partial charge < -0.3 is 10.4 Å². The highest BCUT2D eigenvalue weighted by Gasteiger charge is 2.23. The van der Waals surface area contributed by atoms with E-state index in [1.807, 2.05) is 6.07 Å². The molecule has 1 rings (SSSR count). The van der Waals surface area contributed by atoms with Crippen LogP contribution in [0.4, 0.5) is 4.39 Å². The van der Waals surface area contributed by atoms with Gasteiger partial charge in [0.1, 0.15) is 5.82 Å². The lowest BCUT2D eigenvalue weighted by atomic mass is 9.85. The minimum atomic E-state index is -0.209. The Labute approximate surface area is 103 Å². The predicted molar refractivity (Wildman–Crippen MR) is 68.2 cm³/mol. The molecular weight excluding hydrogens is 217 g/mol. The fourth-order valence-electron chi connectivity index (χ4n) is 1.86. The first kappa shape index (κ1) is 14.1. The summed E-state index contributed by atoms with van der Waals surface area (Å²) in [5, 5.41) is 12.4. The Morgan fingerprint density at radius 2 is 2.06 bits per heavy atom. The summed E-state index contributed by atoms with van der Waals surface area (Å²) in [5.41, 5.74) is 1.01. The van der Waals surface area contributed by atoms with Crippen molar-refractivity contribution in [1.29, 1.82) is 0 Å². The molecular formula is C14H22FNO. The van der Waals surface area contributed by atoms with E-state index in [4.69, 9.17) is 5.11 Å². The van der Waals surface area contributed by atoms with Crippen molar-refractivity contribution >= 4 is 0 Å². The first-order valence-electron chi connectivity index (χ1n) is 6.02. The summed E-state index contributed by atoms with van der Waals surface area (Å²) in [5.74, 6) is -0.209. The number of hydrogen-bond acceptors (Lipinski definition) is 2. The molecule has 0 spiro atoms. The van der Waals surface area contributed by atoms with Gasteiger partial charge in [-0.3, -0.25) is 0 Å². The van der Waals surface area contributed by atoms with E-state index >= 15 is 0 Å². The molecule has 2 nitrogen and oxygen atoms in total. The van der Waals surface area contributed by atoms with Gasteiger partial charge in [0.05, 0.1) is 0 Å². The molecule has 0 radical (unpaired) electrons. The number of rotatable bonds is 5. The smallest absolute Gasteiger partial charge is 0.123 e. The van der Waals surface area contributed by atoms with E-state index in [9.17, 15) is 4.39 Å². The number of benzene rings is 1. The summed E-state index contributed by atoms with van der Waals surface area (Å²) in [4.78, 5) is 0. The van der Waals surface area contributed by atoms with Crippen molar-refractivity contribution in [3.8, 4) is 0 Å². The fourth-order valence-corrected chi connectivity index (χ4v) is 1.86. The predicted octanol–water partition coefficient (Wildman–Crippen LogP) is 2.71. The van der Waals surface area contributed by atoms with Crippen molar-refractivity contribution in [2.45, 2.75) is 39.8 Å². The molecule has 0 bridgehead atoms. The second-order valence-electron chi connectivity index (χ2n) is 5.44. The summed E-state index contributed by atoms with van der Waals surface area (Å²) >= 11 is 0. The lowest BCUT2D eigenvalue weighted by Gasteiger charge is -2.31. The maximum absolute atomic E-state index is 13.0. The third-order valence-electron chi connectivity index (χ3n) is 2.90. The molecule has 0 aliphatic heterocycles. The number of aliphatic hydroxyl groups is 1.